The molecule has 6 heteroatoms. The lowest BCUT2D eigenvalue weighted by atomic mass is 9.88. The molecule has 5 nitrogen and oxygen atoms in total. The molecule has 0 aromatic heterocycles. The summed E-state index contributed by atoms with van der Waals surface area (Å²) in [6.07, 6.45) is 8.70. The maximum Gasteiger partial charge on any atom is 0.315 e. The van der Waals surface area contributed by atoms with Crippen molar-refractivity contribution in [2.24, 2.45) is 0 Å². The van der Waals surface area contributed by atoms with Gasteiger partial charge in [0, 0.05) is 17.3 Å². The SMILES string of the molecule is CCC(CC(=O)O)NC(=O)NCC1(SC)CCCCC1. The van der Waals surface area contributed by atoms with Gasteiger partial charge >= 0.3 is 12.0 Å². The molecule has 1 fully saturated rings. The van der Waals surface area contributed by atoms with Crippen LogP contribution >= 0.6 is 11.8 Å². The van der Waals surface area contributed by atoms with Gasteiger partial charge in [-0.1, -0.05) is 26.2 Å². The summed E-state index contributed by atoms with van der Waals surface area (Å²) in [7, 11) is 0. The second kappa shape index (κ2) is 8.39. The molecule has 2 amide bonds. The molecule has 0 saturated heterocycles. The Bertz CT molecular complexity index is 330. The summed E-state index contributed by atoms with van der Waals surface area (Å²) in [6, 6.07) is -0.554. The van der Waals surface area contributed by atoms with Gasteiger partial charge in [-0.25, -0.2) is 4.79 Å². The highest BCUT2D eigenvalue weighted by atomic mass is 32.2. The lowest BCUT2D eigenvalue weighted by Gasteiger charge is -2.36. The fourth-order valence-electron chi connectivity index (χ4n) is 2.64. The highest BCUT2D eigenvalue weighted by molar-refractivity contribution is 8.00. The van der Waals surface area contributed by atoms with E-state index in [0.29, 0.717) is 13.0 Å². The number of amides is 2. The molecule has 0 bridgehead atoms. The summed E-state index contributed by atoms with van der Waals surface area (Å²) in [5.74, 6) is -0.884. The number of rotatable bonds is 7. The first-order valence-corrected chi connectivity index (χ1v) is 8.55. The lowest BCUT2D eigenvalue weighted by Crippen LogP contribution is -2.48. The molecule has 0 spiro atoms. The van der Waals surface area contributed by atoms with E-state index < -0.39 is 5.97 Å². The average molecular weight is 302 g/mol. The standard InChI is InChI=1S/C14H26N2O3S/c1-3-11(9-12(17)18)16-13(19)15-10-14(20-2)7-5-4-6-8-14/h11H,3-10H2,1-2H3,(H,17,18)(H2,15,16,19). The topological polar surface area (TPSA) is 78.4 Å². The Morgan fingerprint density at radius 2 is 1.95 bits per heavy atom. The van der Waals surface area contributed by atoms with Gasteiger partial charge in [0.15, 0.2) is 0 Å². The van der Waals surface area contributed by atoms with Crippen LogP contribution in [0.2, 0.25) is 0 Å². The van der Waals surface area contributed by atoms with Gasteiger partial charge in [-0.2, -0.15) is 11.8 Å². The van der Waals surface area contributed by atoms with Gasteiger partial charge in [-0.15, -0.1) is 0 Å². The highest BCUT2D eigenvalue weighted by Crippen LogP contribution is 2.37. The van der Waals surface area contributed by atoms with Crippen LogP contribution in [0.3, 0.4) is 0 Å². The van der Waals surface area contributed by atoms with Crippen molar-refractivity contribution >= 4 is 23.8 Å². The Labute approximate surface area is 125 Å². The van der Waals surface area contributed by atoms with E-state index in [4.69, 9.17) is 5.11 Å². The number of carboxylic acid groups (broad SMARTS) is 1. The van der Waals surface area contributed by atoms with Crippen molar-refractivity contribution in [3.05, 3.63) is 0 Å². The van der Waals surface area contributed by atoms with Crippen LogP contribution in [0.25, 0.3) is 0 Å². The molecule has 3 N–H and O–H groups in total. The molecule has 0 aliphatic heterocycles. The second-order valence-electron chi connectivity index (χ2n) is 5.48. The first kappa shape index (κ1) is 17.1. The van der Waals surface area contributed by atoms with Crippen LogP contribution in [-0.2, 0) is 4.79 Å². The first-order valence-electron chi connectivity index (χ1n) is 7.32. The summed E-state index contributed by atoms with van der Waals surface area (Å²) in [6.45, 7) is 2.53. The van der Waals surface area contributed by atoms with Gasteiger partial charge in [-0.05, 0) is 25.5 Å². The molecule has 1 rings (SSSR count). The zero-order chi connectivity index (χ0) is 15.0. The van der Waals surface area contributed by atoms with Crippen LogP contribution in [0.15, 0.2) is 0 Å². The molecule has 0 radical (unpaired) electrons. The molecule has 1 aliphatic rings. The van der Waals surface area contributed by atoms with Gasteiger partial charge in [0.25, 0.3) is 0 Å². The molecule has 1 atom stereocenters. The fourth-order valence-corrected chi connectivity index (χ4v) is 3.55. The second-order valence-corrected chi connectivity index (χ2v) is 6.75. The van der Waals surface area contributed by atoms with Crippen LogP contribution < -0.4 is 10.6 Å². The first-order chi connectivity index (χ1) is 9.51. The normalized spacial score (nSPS) is 19.1. The zero-order valence-electron chi connectivity index (χ0n) is 12.4. The monoisotopic (exact) mass is 302 g/mol. The number of hydrogen-bond donors (Lipinski definition) is 3. The lowest BCUT2D eigenvalue weighted by molar-refractivity contribution is -0.137. The molecule has 0 aromatic carbocycles. The number of urea groups is 1. The quantitative estimate of drug-likeness (QED) is 0.675. The number of nitrogens with one attached hydrogen (secondary N) is 2. The minimum Gasteiger partial charge on any atom is -0.481 e. The van der Waals surface area contributed by atoms with Crippen LogP contribution in [0.1, 0.15) is 51.9 Å². The van der Waals surface area contributed by atoms with E-state index in [1.807, 2.05) is 18.7 Å². The van der Waals surface area contributed by atoms with E-state index in [-0.39, 0.29) is 23.2 Å². The van der Waals surface area contributed by atoms with Crippen molar-refractivity contribution in [2.75, 3.05) is 12.8 Å². The third-order valence-corrected chi connectivity index (χ3v) is 5.44. The van der Waals surface area contributed by atoms with Gasteiger partial charge < -0.3 is 15.7 Å². The van der Waals surface area contributed by atoms with E-state index in [1.54, 1.807) is 0 Å². The summed E-state index contributed by atoms with van der Waals surface area (Å²) in [5.41, 5.74) is 0. The zero-order valence-corrected chi connectivity index (χ0v) is 13.2. The van der Waals surface area contributed by atoms with Crippen LogP contribution in [0.4, 0.5) is 4.79 Å². The number of aliphatic carboxylic acids is 1. The summed E-state index contributed by atoms with van der Waals surface area (Å²) in [5, 5.41) is 14.4. The Hall–Kier alpha value is -0.910. The van der Waals surface area contributed by atoms with Crippen molar-refractivity contribution < 1.29 is 14.7 Å². The molecular formula is C14H26N2O3S. The Balaban J connectivity index is 2.39. The van der Waals surface area contributed by atoms with E-state index in [0.717, 1.165) is 12.8 Å². The number of thioether (sulfide) groups is 1. The van der Waals surface area contributed by atoms with Crippen LogP contribution in [0, 0.1) is 0 Å². The van der Waals surface area contributed by atoms with Crippen LogP contribution in [-0.4, -0.2) is 40.7 Å². The Morgan fingerprint density at radius 1 is 1.30 bits per heavy atom. The molecule has 1 saturated carbocycles. The smallest absolute Gasteiger partial charge is 0.315 e. The predicted octanol–water partition coefficient (Wildman–Crippen LogP) is 2.60. The Morgan fingerprint density at radius 3 is 2.45 bits per heavy atom. The van der Waals surface area contributed by atoms with Gasteiger partial charge in [0.05, 0.1) is 6.42 Å². The molecular weight excluding hydrogens is 276 g/mol. The molecule has 20 heavy (non-hydrogen) atoms. The number of carboxylic acids is 1. The van der Waals surface area contributed by atoms with Crippen molar-refractivity contribution in [1.29, 1.82) is 0 Å². The van der Waals surface area contributed by atoms with E-state index >= 15 is 0 Å². The minimum atomic E-state index is -0.884. The fraction of sp³-hybridized carbons (Fsp3) is 0.857. The third kappa shape index (κ3) is 5.61. The van der Waals surface area contributed by atoms with Crippen molar-refractivity contribution in [3.8, 4) is 0 Å². The molecule has 1 aliphatic carbocycles. The predicted molar refractivity (Wildman–Crippen MR) is 82.2 cm³/mol. The van der Waals surface area contributed by atoms with Gasteiger partial charge in [0.1, 0.15) is 0 Å². The van der Waals surface area contributed by atoms with Gasteiger partial charge in [0.2, 0.25) is 0 Å². The number of hydrogen-bond acceptors (Lipinski definition) is 3. The van der Waals surface area contributed by atoms with Crippen LogP contribution in [0.5, 0.6) is 0 Å². The maximum absolute atomic E-state index is 11.9. The maximum atomic E-state index is 11.9. The third-order valence-electron chi connectivity index (χ3n) is 4.02. The average Bonchev–Trinajstić information content (AvgIpc) is 2.45. The Kier molecular flexibility index (Phi) is 7.19. The van der Waals surface area contributed by atoms with Crippen molar-refractivity contribution in [1.82, 2.24) is 10.6 Å². The summed E-state index contributed by atoms with van der Waals surface area (Å²) >= 11 is 1.83. The highest BCUT2D eigenvalue weighted by Gasteiger charge is 2.31. The molecule has 0 aromatic rings. The summed E-state index contributed by atoms with van der Waals surface area (Å²) in [4.78, 5) is 22.5. The molecule has 116 valence electrons. The number of carbonyl (C=O) groups is 2. The number of carbonyl (C=O) groups excluding carboxylic acids is 1. The molecule has 1 unspecified atom stereocenters. The van der Waals surface area contributed by atoms with E-state index in [1.165, 1.54) is 19.3 Å². The van der Waals surface area contributed by atoms with E-state index in [2.05, 4.69) is 16.9 Å². The molecule has 0 heterocycles. The summed E-state index contributed by atoms with van der Waals surface area (Å²) < 4.78 is 0.157. The van der Waals surface area contributed by atoms with Crippen molar-refractivity contribution in [3.63, 3.8) is 0 Å². The minimum absolute atomic E-state index is 0.0302. The largest absolute Gasteiger partial charge is 0.481 e. The van der Waals surface area contributed by atoms with Gasteiger partial charge in [-0.3, -0.25) is 4.79 Å². The van der Waals surface area contributed by atoms with Crippen molar-refractivity contribution in [2.45, 2.75) is 62.7 Å². The van der Waals surface area contributed by atoms with E-state index in [9.17, 15) is 9.59 Å².